The molecule has 7 nitrogen and oxygen atoms in total. The Hall–Kier alpha value is -2.87. The van der Waals surface area contributed by atoms with E-state index in [9.17, 15) is 18.0 Å². The standard InChI is InChI=1S/C17H16N2O5S/c1-24-15-5-3-2-4-14(15)18-25(22,23)13-8-6-12(7-9-13)19-16(20)10-11-17(19)21/h2-9,18H,10-11H2,1H3. The molecule has 0 aromatic heterocycles. The summed E-state index contributed by atoms with van der Waals surface area (Å²) in [7, 11) is -2.38. The van der Waals surface area contributed by atoms with Gasteiger partial charge in [0.1, 0.15) is 5.75 Å². The van der Waals surface area contributed by atoms with Crippen LogP contribution in [0.2, 0.25) is 0 Å². The predicted molar refractivity (Wildman–Crippen MR) is 92.0 cm³/mol. The summed E-state index contributed by atoms with van der Waals surface area (Å²) in [5.41, 5.74) is 0.683. The van der Waals surface area contributed by atoms with Gasteiger partial charge in [-0.15, -0.1) is 0 Å². The number of carbonyl (C=O) groups is 2. The highest BCUT2D eigenvalue weighted by Gasteiger charge is 2.30. The molecular formula is C17H16N2O5S. The quantitative estimate of drug-likeness (QED) is 0.825. The van der Waals surface area contributed by atoms with Crippen LogP contribution in [0.15, 0.2) is 53.4 Å². The number of benzene rings is 2. The van der Waals surface area contributed by atoms with Crippen LogP contribution in [0, 0.1) is 0 Å². The molecule has 25 heavy (non-hydrogen) atoms. The van der Waals surface area contributed by atoms with E-state index in [-0.39, 0.29) is 29.6 Å². The van der Waals surface area contributed by atoms with Gasteiger partial charge in [-0.05, 0) is 36.4 Å². The first kappa shape index (κ1) is 17.0. The highest BCUT2D eigenvalue weighted by Crippen LogP contribution is 2.28. The molecule has 1 heterocycles. The lowest BCUT2D eigenvalue weighted by Crippen LogP contribution is -2.28. The number of nitrogens with zero attached hydrogens (tertiary/aromatic N) is 1. The molecule has 0 radical (unpaired) electrons. The van der Waals surface area contributed by atoms with E-state index < -0.39 is 10.0 Å². The van der Waals surface area contributed by atoms with E-state index in [2.05, 4.69) is 4.72 Å². The number of amides is 2. The van der Waals surface area contributed by atoms with Crippen LogP contribution >= 0.6 is 0 Å². The lowest BCUT2D eigenvalue weighted by atomic mass is 10.3. The van der Waals surface area contributed by atoms with E-state index in [0.29, 0.717) is 17.1 Å². The largest absolute Gasteiger partial charge is 0.495 e. The molecule has 2 aromatic carbocycles. The number of nitrogens with one attached hydrogen (secondary N) is 1. The molecule has 1 fully saturated rings. The van der Waals surface area contributed by atoms with E-state index in [1.807, 2.05) is 0 Å². The number of para-hydroxylation sites is 2. The smallest absolute Gasteiger partial charge is 0.262 e. The maximum absolute atomic E-state index is 12.5. The summed E-state index contributed by atoms with van der Waals surface area (Å²) < 4.78 is 32.6. The zero-order chi connectivity index (χ0) is 18.0. The van der Waals surface area contributed by atoms with Gasteiger partial charge in [-0.25, -0.2) is 8.42 Å². The van der Waals surface area contributed by atoms with Crippen LogP contribution in [0.3, 0.4) is 0 Å². The Morgan fingerprint density at radius 2 is 1.56 bits per heavy atom. The van der Waals surface area contributed by atoms with Crippen LogP contribution in [0.1, 0.15) is 12.8 Å². The molecule has 1 aliphatic rings. The second-order valence-electron chi connectivity index (χ2n) is 5.42. The Morgan fingerprint density at radius 1 is 0.960 bits per heavy atom. The van der Waals surface area contributed by atoms with Crippen molar-refractivity contribution in [2.45, 2.75) is 17.7 Å². The van der Waals surface area contributed by atoms with Crippen LogP contribution in [0.5, 0.6) is 5.75 Å². The fraction of sp³-hybridized carbons (Fsp3) is 0.176. The number of imide groups is 1. The molecular weight excluding hydrogens is 344 g/mol. The molecule has 0 spiro atoms. The minimum atomic E-state index is -3.83. The zero-order valence-corrected chi connectivity index (χ0v) is 14.2. The molecule has 1 N–H and O–H groups in total. The van der Waals surface area contributed by atoms with E-state index in [1.54, 1.807) is 24.3 Å². The van der Waals surface area contributed by atoms with Crippen molar-refractivity contribution < 1.29 is 22.7 Å². The number of hydrogen-bond donors (Lipinski definition) is 1. The molecule has 0 bridgehead atoms. The maximum atomic E-state index is 12.5. The molecule has 0 atom stereocenters. The number of carbonyl (C=O) groups excluding carboxylic acids is 2. The number of methoxy groups -OCH3 is 1. The van der Waals surface area contributed by atoms with Gasteiger partial charge < -0.3 is 4.74 Å². The number of rotatable bonds is 5. The van der Waals surface area contributed by atoms with Crippen molar-refractivity contribution in [3.05, 3.63) is 48.5 Å². The highest BCUT2D eigenvalue weighted by atomic mass is 32.2. The number of sulfonamides is 1. The normalized spacial score (nSPS) is 14.7. The average Bonchev–Trinajstić information content (AvgIpc) is 2.94. The van der Waals surface area contributed by atoms with Crippen molar-refractivity contribution in [3.8, 4) is 5.75 Å². The topological polar surface area (TPSA) is 92.8 Å². The lowest BCUT2D eigenvalue weighted by molar-refractivity contribution is -0.121. The molecule has 0 unspecified atom stereocenters. The molecule has 0 aliphatic carbocycles. The SMILES string of the molecule is COc1ccccc1NS(=O)(=O)c1ccc(N2C(=O)CCC2=O)cc1. The Kier molecular flexibility index (Phi) is 4.45. The van der Waals surface area contributed by atoms with E-state index in [4.69, 9.17) is 4.74 Å². The van der Waals surface area contributed by atoms with Gasteiger partial charge >= 0.3 is 0 Å². The van der Waals surface area contributed by atoms with Crippen molar-refractivity contribution in [2.24, 2.45) is 0 Å². The highest BCUT2D eigenvalue weighted by molar-refractivity contribution is 7.92. The van der Waals surface area contributed by atoms with Gasteiger partial charge in [-0.1, -0.05) is 12.1 Å². The molecule has 0 saturated carbocycles. The van der Waals surface area contributed by atoms with Gasteiger partial charge in [-0.2, -0.15) is 0 Å². The first-order valence-electron chi connectivity index (χ1n) is 7.54. The van der Waals surface area contributed by atoms with Crippen LogP contribution in [0.25, 0.3) is 0 Å². The molecule has 2 amide bonds. The first-order valence-corrected chi connectivity index (χ1v) is 9.02. The third-order valence-electron chi connectivity index (χ3n) is 3.81. The van der Waals surface area contributed by atoms with Gasteiger partial charge in [0.25, 0.3) is 10.0 Å². The summed E-state index contributed by atoms with van der Waals surface area (Å²) in [6, 6.07) is 12.2. The van der Waals surface area contributed by atoms with Crippen molar-refractivity contribution in [2.75, 3.05) is 16.7 Å². The summed E-state index contributed by atoms with van der Waals surface area (Å²) in [6.07, 6.45) is 0.350. The van der Waals surface area contributed by atoms with Crippen molar-refractivity contribution >= 4 is 33.2 Å². The summed E-state index contributed by atoms with van der Waals surface area (Å²) in [6.45, 7) is 0. The second kappa shape index (κ2) is 6.56. The monoisotopic (exact) mass is 360 g/mol. The van der Waals surface area contributed by atoms with Crippen LogP contribution < -0.4 is 14.4 Å². The van der Waals surface area contributed by atoms with Crippen molar-refractivity contribution in [1.82, 2.24) is 0 Å². The van der Waals surface area contributed by atoms with Gasteiger partial charge in [0.05, 0.1) is 23.4 Å². The van der Waals surface area contributed by atoms with Gasteiger partial charge in [0.15, 0.2) is 0 Å². The fourth-order valence-electron chi connectivity index (χ4n) is 2.57. The second-order valence-corrected chi connectivity index (χ2v) is 7.10. The Balaban J connectivity index is 1.86. The van der Waals surface area contributed by atoms with Gasteiger partial charge in [0.2, 0.25) is 11.8 Å². The number of hydrogen-bond acceptors (Lipinski definition) is 5. The molecule has 1 aliphatic heterocycles. The van der Waals surface area contributed by atoms with Crippen LogP contribution in [0.4, 0.5) is 11.4 Å². The number of ether oxygens (including phenoxy) is 1. The zero-order valence-electron chi connectivity index (χ0n) is 13.4. The minimum Gasteiger partial charge on any atom is -0.495 e. The summed E-state index contributed by atoms with van der Waals surface area (Å²) in [5.74, 6) is -0.170. The van der Waals surface area contributed by atoms with E-state index in [1.165, 1.54) is 31.4 Å². The Labute approximate surface area is 145 Å². The first-order chi connectivity index (χ1) is 11.9. The third-order valence-corrected chi connectivity index (χ3v) is 5.19. The lowest BCUT2D eigenvalue weighted by Gasteiger charge is -2.15. The Bertz CT molecular complexity index is 906. The maximum Gasteiger partial charge on any atom is 0.262 e. The fourth-order valence-corrected chi connectivity index (χ4v) is 3.64. The predicted octanol–water partition coefficient (Wildman–Crippen LogP) is 2.15. The van der Waals surface area contributed by atoms with Crippen molar-refractivity contribution in [1.29, 1.82) is 0 Å². The molecule has 3 rings (SSSR count). The minimum absolute atomic E-state index is 0.0150. The van der Waals surface area contributed by atoms with Gasteiger partial charge in [0, 0.05) is 12.8 Å². The van der Waals surface area contributed by atoms with E-state index in [0.717, 1.165) is 4.90 Å². The summed E-state index contributed by atoms with van der Waals surface area (Å²) in [5, 5.41) is 0. The molecule has 8 heteroatoms. The molecule has 2 aromatic rings. The third kappa shape index (κ3) is 3.34. The van der Waals surface area contributed by atoms with Crippen molar-refractivity contribution in [3.63, 3.8) is 0 Å². The molecule has 1 saturated heterocycles. The van der Waals surface area contributed by atoms with E-state index >= 15 is 0 Å². The van der Waals surface area contributed by atoms with Crippen LogP contribution in [-0.2, 0) is 19.6 Å². The average molecular weight is 360 g/mol. The molecule has 130 valence electrons. The van der Waals surface area contributed by atoms with Crippen LogP contribution in [-0.4, -0.2) is 27.3 Å². The Morgan fingerprint density at radius 3 is 2.16 bits per heavy atom. The number of anilines is 2. The van der Waals surface area contributed by atoms with Gasteiger partial charge in [-0.3, -0.25) is 19.2 Å². The summed E-state index contributed by atoms with van der Waals surface area (Å²) >= 11 is 0. The summed E-state index contributed by atoms with van der Waals surface area (Å²) in [4.78, 5) is 24.6.